The van der Waals surface area contributed by atoms with Gasteiger partial charge in [-0.05, 0) is 43.0 Å². The highest BCUT2D eigenvalue weighted by Gasteiger charge is 2.27. The van der Waals surface area contributed by atoms with Crippen molar-refractivity contribution in [2.45, 2.75) is 26.2 Å². The molecule has 0 saturated heterocycles. The van der Waals surface area contributed by atoms with Crippen LogP contribution in [0.4, 0.5) is 0 Å². The Morgan fingerprint density at radius 2 is 1.30 bits per heavy atom. The van der Waals surface area contributed by atoms with Crippen molar-refractivity contribution in [2.24, 2.45) is 5.92 Å². The lowest BCUT2D eigenvalue weighted by Crippen LogP contribution is -2.19. The van der Waals surface area contributed by atoms with Crippen molar-refractivity contribution in [3.8, 4) is 11.5 Å². The Morgan fingerprint density at radius 3 is 1.70 bits per heavy atom. The number of ether oxygens (including phenoxy) is 2. The Morgan fingerprint density at radius 1 is 0.852 bits per heavy atom. The Labute approximate surface area is 161 Å². The van der Waals surface area contributed by atoms with Crippen LogP contribution in [0.5, 0.6) is 11.5 Å². The van der Waals surface area contributed by atoms with Gasteiger partial charge < -0.3 is 9.47 Å². The van der Waals surface area contributed by atoms with E-state index in [1.54, 1.807) is 14.2 Å². The van der Waals surface area contributed by atoms with Gasteiger partial charge in [0.1, 0.15) is 11.5 Å². The predicted octanol–water partition coefficient (Wildman–Crippen LogP) is 5.56. The molecule has 1 saturated carbocycles. The van der Waals surface area contributed by atoms with Crippen LogP contribution in [0.25, 0.3) is 12.2 Å². The molecule has 2 aromatic carbocycles. The van der Waals surface area contributed by atoms with Gasteiger partial charge in [-0.1, -0.05) is 49.7 Å². The van der Waals surface area contributed by atoms with Gasteiger partial charge in [0.25, 0.3) is 0 Å². The lowest BCUT2D eigenvalue weighted by atomic mass is 9.78. The molecule has 0 amide bonds. The van der Waals surface area contributed by atoms with Crippen LogP contribution in [0, 0.1) is 5.92 Å². The minimum absolute atomic E-state index is 0.122. The number of ketones is 1. The van der Waals surface area contributed by atoms with Crippen LogP contribution in [-0.2, 0) is 4.79 Å². The van der Waals surface area contributed by atoms with Crippen LogP contribution in [-0.4, -0.2) is 20.0 Å². The smallest absolute Gasteiger partial charge is 0.185 e. The quantitative estimate of drug-likeness (QED) is 0.653. The maximum atomic E-state index is 13.2. The summed E-state index contributed by atoms with van der Waals surface area (Å²) in [5, 5.41) is 0. The summed E-state index contributed by atoms with van der Waals surface area (Å²) in [6.07, 6.45) is 6.62. The molecule has 3 heteroatoms. The van der Waals surface area contributed by atoms with Gasteiger partial charge in [-0.25, -0.2) is 0 Å². The molecule has 0 unspecified atom stereocenters. The zero-order valence-electron chi connectivity index (χ0n) is 16.2. The first-order valence-electron chi connectivity index (χ1n) is 9.38. The number of carbonyl (C=O) groups excluding carboxylic acids is 1. The molecule has 0 bridgehead atoms. The van der Waals surface area contributed by atoms with E-state index in [0.29, 0.717) is 5.92 Å². The van der Waals surface area contributed by atoms with E-state index in [1.165, 1.54) is 0 Å². The number of hydrogen-bond acceptors (Lipinski definition) is 3. The standard InChI is InChI=1S/C24H26O3/c1-4-17-13-20(15-18-9-5-7-11-22(18)26-2)24(25)21(14-17)16-19-10-6-8-12-23(19)27-3/h5-12,15-17H,4,13-14H2,1-3H3/b20-15+,21-16+. The van der Waals surface area contributed by atoms with E-state index < -0.39 is 0 Å². The molecule has 1 aliphatic carbocycles. The number of allylic oxidation sites excluding steroid dienone is 2. The third-order valence-corrected chi connectivity index (χ3v) is 5.12. The summed E-state index contributed by atoms with van der Waals surface area (Å²) < 4.78 is 10.9. The van der Waals surface area contributed by atoms with Crippen molar-refractivity contribution in [2.75, 3.05) is 14.2 Å². The number of hydrogen-bond donors (Lipinski definition) is 0. The summed E-state index contributed by atoms with van der Waals surface area (Å²) >= 11 is 0. The van der Waals surface area contributed by atoms with Crippen LogP contribution >= 0.6 is 0 Å². The molecule has 0 heterocycles. The van der Waals surface area contributed by atoms with E-state index in [1.807, 2.05) is 60.7 Å². The second-order valence-corrected chi connectivity index (χ2v) is 6.83. The predicted molar refractivity (Wildman–Crippen MR) is 110 cm³/mol. The molecule has 27 heavy (non-hydrogen) atoms. The Hall–Kier alpha value is -2.81. The summed E-state index contributed by atoms with van der Waals surface area (Å²) in [5.74, 6) is 2.15. The van der Waals surface area contributed by atoms with Crippen molar-refractivity contribution < 1.29 is 14.3 Å². The van der Waals surface area contributed by atoms with Crippen LogP contribution < -0.4 is 9.47 Å². The second-order valence-electron chi connectivity index (χ2n) is 6.83. The third-order valence-electron chi connectivity index (χ3n) is 5.12. The molecule has 0 radical (unpaired) electrons. The first kappa shape index (κ1) is 19.0. The molecule has 0 spiro atoms. The first-order valence-corrected chi connectivity index (χ1v) is 9.38. The van der Waals surface area contributed by atoms with E-state index in [2.05, 4.69) is 6.92 Å². The van der Waals surface area contributed by atoms with E-state index in [0.717, 1.165) is 53.0 Å². The fraction of sp³-hybridized carbons (Fsp3) is 0.292. The minimum atomic E-state index is 0.122. The molecule has 1 aliphatic rings. The van der Waals surface area contributed by atoms with Gasteiger partial charge in [0, 0.05) is 22.3 Å². The highest BCUT2D eigenvalue weighted by molar-refractivity contribution is 6.14. The molecule has 0 N–H and O–H groups in total. The monoisotopic (exact) mass is 362 g/mol. The molecule has 3 rings (SSSR count). The Kier molecular flexibility index (Phi) is 6.12. The Balaban J connectivity index is 2.01. The van der Waals surface area contributed by atoms with E-state index in [4.69, 9.17) is 9.47 Å². The number of benzene rings is 2. The maximum Gasteiger partial charge on any atom is 0.185 e. The molecule has 0 atom stereocenters. The SMILES string of the molecule is CCC1C/C(=C\c2ccccc2OC)C(=O)/C(=C/c2ccccc2OC)C1. The zero-order valence-corrected chi connectivity index (χ0v) is 16.2. The van der Waals surface area contributed by atoms with Crippen molar-refractivity contribution in [1.82, 2.24) is 0 Å². The number of methoxy groups -OCH3 is 2. The fourth-order valence-electron chi connectivity index (χ4n) is 3.57. The average Bonchev–Trinajstić information content (AvgIpc) is 2.71. The van der Waals surface area contributed by atoms with Crippen molar-refractivity contribution in [1.29, 1.82) is 0 Å². The molecular formula is C24H26O3. The van der Waals surface area contributed by atoms with Crippen LogP contribution in [0.2, 0.25) is 0 Å². The lowest BCUT2D eigenvalue weighted by molar-refractivity contribution is -0.113. The normalized spacial score (nSPS) is 20.1. The summed E-state index contributed by atoms with van der Waals surface area (Å²) in [6.45, 7) is 2.18. The molecule has 2 aromatic rings. The molecule has 3 nitrogen and oxygen atoms in total. The Bertz CT molecular complexity index is 807. The highest BCUT2D eigenvalue weighted by Crippen LogP contribution is 2.36. The zero-order chi connectivity index (χ0) is 19.2. The molecule has 0 aliphatic heterocycles. The number of para-hydroxylation sites is 2. The van der Waals surface area contributed by atoms with Crippen molar-refractivity contribution in [3.05, 3.63) is 70.8 Å². The van der Waals surface area contributed by atoms with E-state index >= 15 is 0 Å². The second kappa shape index (κ2) is 8.72. The van der Waals surface area contributed by atoms with Crippen molar-refractivity contribution >= 4 is 17.9 Å². The minimum Gasteiger partial charge on any atom is -0.496 e. The third kappa shape index (κ3) is 4.30. The van der Waals surface area contributed by atoms with Gasteiger partial charge in [0.2, 0.25) is 0 Å². The molecule has 1 fully saturated rings. The maximum absolute atomic E-state index is 13.2. The van der Waals surface area contributed by atoms with E-state index in [9.17, 15) is 4.79 Å². The number of rotatable bonds is 5. The summed E-state index contributed by atoms with van der Waals surface area (Å²) in [5.41, 5.74) is 3.57. The molecule has 0 aromatic heterocycles. The van der Waals surface area contributed by atoms with Crippen molar-refractivity contribution in [3.63, 3.8) is 0 Å². The number of carbonyl (C=O) groups is 1. The average molecular weight is 362 g/mol. The molecular weight excluding hydrogens is 336 g/mol. The first-order chi connectivity index (χ1) is 13.2. The summed E-state index contributed by atoms with van der Waals surface area (Å²) in [7, 11) is 3.31. The van der Waals surface area contributed by atoms with Gasteiger partial charge in [-0.2, -0.15) is 0 Å². The van der Waals surface area contributed by atoms with Gasteiger partial charge in [-0.3, -0.25) is 4.79 Å². The van der Waals surface area contributed by atoms with Gasteiger partial charge in [0.05, 0.1) is 14.2 Å². The fourth-order valence-corrected chi connectivity index (χ4v) is 3.57. The van der Waals surface area contributed by atoms with Crippen LogP contribution in [0.15, 0.2) is 59.7 Å². The van der Waals surface area contributed by atoms with Gasteiger partial charge in [0.15, 0.2) is 5.78 Å². The topological polar surface area (TPSA) is 35.5 Å². The summed E-state index contributed by atoms with van der Waals surface area (Å²) in [6, 6.07) is 15.6. The van der Waals surface area contributed by atoms with Gasteiger partial charge >= 0.3 is 0 Å². The number of Topliss-reactive ketones (excluding diaryl/α,β-unsaturated/α-hetero) is 1. The largest absolute Gasteiger partial charge is 0.496 e. The molecule has 140 valence electrons. The van der Waals surface area contributed by atoms with Gasteiger partial charge in [-0.15, -0.1) is 0 Å². The van der Waals surface area contributed by atoms with E-state index in [-0.39, 0.29) is 5.78 Å². The lowest BCUT2D eigenvalue weighted by Gasteiger charge is -2.25. The summed E-state index contributed by atoms with van der Waals surface area (Å²) in [4.78, 5) is 13.2. The van der Waals surface area contributed by atoms with Crippen LogP contribution in [0.1, 0.15) is 37.3 Å². The van der Waals surface area contributed by atoms with Crippen LogP contribution in [0.3, 0.4) is 0 Å². The highest BCUT2D eigenvalue weighted by atomic mass is 16.5.